The Bertz CT molecular complexity index is 765. The lowest BCUT2D eigenvalue weighted by atomic mass is 10.1. The highest BCUT2D eigenvalue weighted by molar-refractivity contribution is 7.89. The van der Waals surface area contributed by atoms with Crippen molar-refractivity contribution >= 4 is 21.6 Å². The van der Waals surface area contributed by atoms with Gasteiger partial charge in [0.2, 0.25) is 10.0 Å². The summed E-state index contributed by atoms with van der Waals surface area (Å²) in [6.45, 7) is 0.120. The van der Waals surface area contributed by atoms with Gasteiger partial charge in [0.1, 0.15) is 16.5 Å². The van der Waals surface area contributed by atoms with Gasteiger partial charge in [-0.05, 0) is 36.2 Å². The number of rotatable bonds is 6. The topological polar surface area (TPSA) is 55.4 Å². The second kappa shape index (κ2) is 7.09. The van der Waals surface area contributed by atoms with Gasteiger partial charge >= 0.3 is 0 Å². The van der Waals surface area contributed by atoms with Crippen molar-refractivity contribution in [1.82, 2.24) is 4.72 Å². The highest BCUT2D eigenvalue weighted by Gasteiger charge is 2.19. The minimum atomic E-state index is -3.95. The number of hydrogen-bond acceptors (Lipinski definition) is 3. The average Bonchev–Trinajstić information content (AvgIpc) is 2.50. The third-order valence-electron chi connectivity index (χ3n) is 3.06. The summed E-state index contributed by atoms with van der Waals surface area (Å²) in [6, 6.07) is 10.7. The highest BCUT2D eigenvalue weighted by atomic mass is 35.5. The number of para-hydroxylation sites is 1. The molecule has 1 N–H and O–H groups in total. The van der Waals surface area contributed by atoms with E-state index in [1.54, 1.807) is 13.2 Å². The fraction of sp³-hybridized carbons (Fsp3) is 0.200. The summed E-state index contributed by atoms with van der Waals surface area (Å²) in [4.78, 5) is -0.458. The second-order valence-corrected chi connectivity index (χ2v) is 6.71. The van der Waals surface area contributed by atoms with Gasteiger partial charge in [0.15, 0.2) is 0 Å². The molecule has 7 heteroatoms. The minimum Gasteiger partial charge on any atom is -0.496 e. The first-order valence-electron chi connectivity index (χ1n) is 6.50. The third kappa shape index (κ3) is 3.97. The Morgan fingerprint density at radius 2 is 1.95 bits per heavy atom. The molecule has 0 aliphatic carbocycles. The van der Waals surface area contributed by atoms with E-state index in [9.17, 15) is 12.8 Å². The van der Waals surface area contributed by atoms with Gasteiger partial charge in [-0.15, -0.1) is 0 Å². The first-order chi connectivity index (χ1) is 10.4. The largest absolute Gasteiger partial charge is 0.496 e. The second-order valence-electron chi connectivity index (χ2n) is 4.53. The SMILES string of the molecule is COc1ccccc1CCNS(=O)(=O)c1cc(Cl)ccc1F. The molecule has 22 heavy (non-hydrogen) atoms. The molecular weight excluding hydrogens is 329 g/mol. The van der Waals surface area contributed by atoms with Crippen LogP contribution in [0.5, 0.6) is 5.75 Å². The smallest absolute Gasteiger partial charge is 0.243 e. The first kappa shape index (κ1) is 16.7. The van der Waals surface area contributed by atoms with Gasteiger partial charge in [0.25, 0.3) is 0 Å². The van der Waals surface area contributed by atoms with E-state index < -0.39 is 20.7 Å². The van der Waals surface area contributed by atoms with Crippen molar-refractivity contribution in [2.75, 3.05) is 13.7 Å². The van der Waals surface area contributed by atoms with Crippen molar-refractivity contribution in [3.63, 3.8) is 0 Å². The van der Waals surface area contributed by atoms with Crippen LogP contribution < -0.4 is 9.46 Å². The van der Waals surface area contributed by atoms with Crippen LogP contribution in [-0.4, -0.2) is 22.1 Å². The summed E-state index contributed by atoms with van der Waals surface area (Å²) in [6.07, 6.45) is 0.422. The molecular formula is C15H15ClFNO3S. The van der Waals surface area contributed by atoms with Crippen LogP contribution in [0.25, 0.3) is 0 Å². The van der Waals surface area contributed by atoms with Crippen LogP contribution in [-0.2, 0) is 16.4 Å². The lowest BCUT2D eigenvalue weighted by Gasteiger charge is -2.10. The Hall–Kier alpha value is -1.63. The molecule has 118 valence electrons. The van der Waals surface area contributed by atoms with Crippen molar-refractivity contribution in [2.24, 2.45) is 0 Å². The molecule has 0 amide bonds. The fourth-order valence-electron chi connectivity index (χ4n) is 1.99. The van der Waals surface area contributed by atoms with E-state index in [0.29, 0.717) is 12.2 Å². The van der Waals surface area contributed by atoms with E-state index in [-0.39, 0.29) is 11.6 Å². The molecule has 0 spiro atoms. The molecule has 0 atom stereocenters. The Morgan fingerprint density at radius 1 is 1.23 bits per heavy atom. The van der Waals surface area contributed by atoms with Gasteiger partial charge in [0.05, 0.1) is 7.11 Å². The van der Waals surface area contributed by atoms with Gasteiger partial charge in [-0.3, -0.25) is 0 Å². The molecule has 0 saturated heterocycles. The number of hydrogen-bond donors (Lipinski definition) is 1. The minimum absolute atomic E-state index is 0.120. The van der Waals surface area contributed by atoms with Crippen molar-refractivity contribution in [3.05, 3.63) is 58.9 Å². The molecule has 2 rings (SSSR count). The summed E-state index contributed by atoms with van der Waals surface area (Å²) in [5.74, 6) is -0.162. The van der Waals surface area contributed by atoms with Gasteiger partial charge in [-0.1, -0.05) is 29.8 Å². The van der Waals surface area contributed by atoms with E-state index in [2.05, 4.69) is 4.72 Å². The monoisotopic (exact) mass is 343 g/mol. The lowest BCUT2D eigenvalue weighted by molar-refractivity contribution is 0.409. The summed E-state index contributed by atoms with van der Waals surface area (Å²) >= 11 is 5.72. The lowest BCUT2D eigenvalue weighted by Crippen LogP contribution is -2.27. The molecule has 0 heterocycles. The first-order valence-corrected chi connectivity index (χ1v) is 8.37. The van der Waals surface area contributed by atoms with Crippen LogP contribution in [0.1, 0.15) is 5.56 Å². The molecule has 0 aliphatic rings. The molecule has 0 aliphatic heterocycles. The Morgan fingerprint density at radius 3 is 2.68 bits per heavy atom. The van der Waals surface area contributed by atoms with Gasteiger partial charge in [0, 0.05) is 11.6 Å². The Labute approximate surface area is 133 Å². The van der Waals surface area contributed by atoms with Gasteiger partial charge in [-0.2, -0.15) is 0 Å². The van der Waals surface area contributed by atoms with Crippen LogP contribution >= 0.6 is 11.6 Å². The van der Waals surface area contributed by atoms with Gasteiger partial charge < -0.3 is 4.74 Å². The quantitative estimate of drug-likeness (QED) is 0.877. The number of nitrogens with one attached hydrogen (secondary N) is 1. The van der Waals surface area contributed by atoms with E-state index in [0.717, 1.165) is 17.7 Å². The number of benzene rings is 2. The predicted octanol–water partition coefficient (Wildman–Crippen LogP) is 3.01. The highest BCUT2D eigenvalue weighted by Crippen LogP contribution is 2.20. The zero-order valence-electron chi connectivity index (χ0n) is 11.8. The molecule has 2 aromatic carbocycles. The van der Waals surface area contributed by atoms with E-state index in [4.69, 9.17) is 16.3 Å². The maximum atomic E-state index is 13.6. The summed E-state index contributed by atoms with van der Waals surface area (Å²) in [7, 11) is -2.41. The molecule has 0 radical (unpaired) electrons. The Balaban J connectivity index is 2.09. The molecule has 0 aromatic heterocycles. The zero-order chi connectivity index (χ0) is 16.2. The van der Waals surface area contributed by atoms with Crippen molar-refractivity contribution in [1.29, 1.82) is 0 Å². The Kier molecular flexibility index (Phi) is 5.39. The number of ether oxygens (including phenoxy) is 1. The standard InChI is InChI=1S/C15H15ClFNO3S/c1-21-14-5-3-2-4-11(14)8-9-18-22(19,20)15-10-12(16)6-7-13(15)17/h2-7,10,18H,8-9H2,1H3. The molecule has 0 fully saturated rings. The number of methoxy groups -OCH3 is 1. The summed E-state index contributed by atoms with van der Waals surface area (Å²) in [5, 5.41) is 0.159. The average molecular weight is 344 g/mol. The van der Waals surface area contributed by atoms with Crippen LogP contribution in [0.2, 0.25) is 5.02 Å². The maximum Gasteiger partial charge on any atom is 0.243 e. The number of halogens is 2. The fourth-order valence-corrected chi connectivity index (χ4v) is 3.36. The molecule has 4 nitrogen and oxygen atoms in total. The maximum absolute atomic E-state index is 13.6. The zero-order valence-corrected chi connectivity index (χ0v) is 13.4. The van der Waals surface area contributed by atoms with Crippen LogP contribution in [0.3, 0.4) is 0 Å². The van der Waals surface area contributed by atoms with E-state index >= 15 is 0 Å². The summed E-state index contributed by atoms with van der Waals surface area (Å²) in [5.41, 5.74) is 0.860. The van der Waals surface area contributed by atoms with Crippen LogP contribution in [0.15, 0.2) is 47.4 Å². The summed E-state index contributed by atoms with van der Waals surface area (Å²) < 4.78 is 45.4. The predicted molar refractivity (Wildman–Crippen MR) is 83.3 cm³/mol. The van der Waals surface area contributed by atoms with Crippen LogP contribution in [0, 0.1) is 5.82 Å². The van der Waals surface area contributed by atoms with Crippen LogP contribution in [0.4, 0.5) is 4.39 Å². The van der Waals surface area contributed by atoms with E-state index in [1.165, 1.54) is 6.07 Å². The normalized spacial score (nSPS) is 11.4. The van der Waals surface area contributed by atoms with Gasteiger partial charge in [-0.25, -0.2) is 17.5 Å². The molecule has 2 aromatic rings. The molecule has 0 bridgehead atoms. The van der Waals surface area contributed by atoms with Crippen molar-refractivity contribution in [2.45, 2.75) is 11.3 Å². The third-order valence-corrected chi connectivity index (χ3v) is 4.77. The molecule has 0 saturated carbocycles. The number of sulfonamides is 1. The van der Waals surface area contributed by atoms with Crippen molar-refractivity contribution < 1.29 is 17.5 Å². The van der Waals surface area contributed by atoms with Crippen molar-refractivity contribution in [3.8, 4) is 5.75 Å². The van der Waals surface area contributed by atoms with E-state index in [1.807, 2.05) is 18.2 Å². The molecule has 0 unspecified atom stereocenters.